The van der Waals surface area contributed by atoms with Crippen LogP contribution in [0.3, 0.4) is 0 Å². The van der Waals surface area contributed by atoms with Crippen LogP contribution in [0.1, 0.15) is 26.2 Å². The van der Waals surface area contributed by atoms with Crippen molar-refractivity contribution in [1.29, 1.82) is 0 Å². The molecule has 1 atom stereocenters. The SMILES string of the molecule is CCC1CCN(CCOCC(F)(F)F)CCCN1. The van der Waals surface area contributed by atoms with E-state index in [0.29, 0.717) is 12.6 Å². The molecule has 108 valence electrons. The molecule has 0 aliphatic carbocycles. The molecule has 1 fully saturated rings. The van der Waals surface area contributed by atoms with Crippen molar-refractivity contribution in [3.8, 4) is 0 Å². The summed E-state index contributed by atoms with van der Waals surface area (Å²) in [7, 11) is 0. The summed E-state index contributed by atoms with van der Waals surface area (Å²) in [5.74, 6) is 0. The first kappa shape index (κ1) is 15.7. The second kappa shape index (κ2) is 7.96. The van der Waals surface area contributed by atoms with Crippen LogP contribution in [0.4, 0.5) is 13.2 Å². The summed E-state index contributed by atoms with van der Waals surface area (Å²) in [5.41, 5.74) is 0. The molecule has 1 saturated heterocycles. The van der Waals surface area contributed by atoms with Crippen LogP contribution < -0.4 is 5.32 Å². The van der Waals surface area contributed by atoms with Crippen molar-refractivity contribution < 1.29 is 17.9 Å². The molecule has 1 N–H and O–H groups in total. The molecule has 0 aromatic heterocycles. The van der Waals surface area contributed by atoms with Crippen molar-refractivity contribution in [1.82, 2.24) is 10.2 Å². The third kappa shape index (κ3) is 7.18. The molecule has 0 aromatic rings. The van der Waals surface area contributed by atoms with Gasteiger partial charge in [-0.05, 0) is 38.9 Å². The summed E-state index contributed by atoms with van der Waals surface area (Å²) in [5, 5.41) is 3.47. The number of hydrogen-bond acceptors (Lipinski definition) is 3. The second-order valence-electron chi connectivity index (χ2n) is 4.71. The van der Waals surface area contributed by atoms with E-state index >= 15 is 0 Å². The Labute approximate surface area is 107 Å². The van der Waals surface area contributed by atoms with E-state index in [-0.39, 0.29) is 6.61 Å². The predicted octanol–water partition coefficient (Wildman–Crippen LogP) is 2.03. The van der Waals surface area contributed by atoms with Gasteiger partial charge in [-0.15, -0.1) is 0 Å². The Kier molecular flexibility index (Phi) is 6.96. The van der Waals surface area contributed by atoms with Crippen molar-refractivity contribution in [2.24, 2.45) is 0 Å². The van der Waals surface area contributed by atoms with Crippen LogP contribution in [0.15, 0.2) is 0 Å². The van der Waals surface area contributed by atoms with Crippen molar-refractivity contribution in [2.75, 3.05) is 39.4 Å². The van der Waals surface area contributed by atoms with Gasteiger partial charge in [-0.3, -0.25) is 0 Å². The summed E-state index contributed by atoms with van der Waals surface area (Å²) < 4.78 is 40.3. The molecule has 6 heteroatoms. The smallest absolute Gasteiger partial charge is 0.371 e. The van der Waals surface area contributed by atoms with Crippen molar-refractivity contribution in [2.45, 2.75) is 38.4 Å². The standard InChI is InChI=1S/C12H23F3N2O/c1-2-11-4-7-17(6-3-5-16-11)8-9-18-10-12(13,14)15/h11,16H,2-10H2,1H3. The quantitative estimate of drug-likeness (QED) is 0.772. The summed E-state index contributed by atoms with van der Waals surface area (Å²) in [6.07, 6.45) is -1.03. The van der Waals surface area contributed by atoms with Gasteiger partial charge in [-0.2, -0.15) is 13.2 Å². The van der Waals surface area contributed by atoms with E-state index in [0.717, 1.165) is 38.9 Å². The molecule has 3 nitrogen and oxygen atoms in total. The van der Waals surface area contributed by atoms with Crippen molar-refractivity contribution in [3.05, 3.63) is 0 Å². The van der Waals surface area contributed by atoms with E-state index < -0.39 is 12.8 Å². The molecule has 0 saturated carbocycles. The highest BCUT2D eigenvalue weighted by Crippen LogP contribution is 2.14. The van der Waals surface area contributed by atoms with Crippen LogP contribution in [0.2, 0.25) is 0 Å². The summed E-state index contributed by atoms with van der Waals surface area (Å²) in [6.45, 7) is 4.60. The third-order valence-electron chi connectivity index (χ3n) is 3.19. The van der Waals surface area contributed by atoms with Crippen LogP contribution in [-0.4, -0.2) is 56.5 Å². The minimum atomic E-state index is -4.21. The highest BCUT2D eigenvalue weighted by atomic mass is 19.4. The number of rotatable bonds is 5. The molecule has 1 rings (SSSR count). The zero-order valence-corrected chi connectivity index (χ0v) is 10.9. The van der Waals surface area contributed by atoms with Gasteiger partial charge in [0, 0.05) is 12.6 Å². The van der Waals surface area contributed by atoms with E-state index in [1.807, 2.05) is 0 Å². The van der Waals surface area contributed by atoms with Crippen LogP contribution in [0.25, 0.3) is 0 Å². The zero-order chi connectivity index (χ0) is 13.4. The highest BCUT2D eigenvalue weighted by molar-refractivity contribution is 4.72. The molecule has 1 unspecified atom stereocenters. The molecular formula is C12H23F3N2O. The van der Waals surface area contributed by atoms with E-state index in [9.17, 15) is 13.2 Å². The maximum atomic E-state index is 11.9. The number of alkyl halides is 3. The molecule has 18 heavy (non-hydrogen) atoms. The maximum absolute atomic E-state index is 11.9. The van der Waals surface area contributed by atoms with Gasteiger partial charge >= 0.3 is 6.18 Å². The van der Waals surface area contributed by atoms with E-state index in [4.69, 9.17) is 0 Å². The molecule has 1 heterocycles. The van der Waals surface area contributed by atoms with E-state index in [2.05, 4.69) is 21.9 Å². The Morgan fingerprint density at radius 1 is 1.33 bits per heavy atom. The average Bonchev–Trinajstić information content (AvgIpc) is 2.26. The van der Waals surface area contributed by atoms with Gasteiger partial charge in [0.1, 0.15) is 6.61 Å². The van der Waals surface area contributed by atoms with Gasteiger partial charge < -0.3 is 15.0 Å². The summed E-state index contributed by atoms with van der Waals surface area (Å²) >= 11 is 0. The number of hydrogen-bond donors (Lipinski definition) is 1. The molecule has 0 spiro atoms. The normalized spacial score (nSPS) is 23.7. The molecule has 0 radical (unpaired) electrons. The largest absolute Gasteiger partial charge is 0.411 e. The van der Waals surface area contributed by atoms with Crippen LogP contribution in [0, 0.1) is 0 Å². The molecule has 1 aliphatic heterocycles. The summed E-state index contributed by atoms with van der Waals surface area (Å²) in [6, 6.07) is 0.531. The molecule has 0 amide bonds. The maximum Gasteiger partial charge on any atom is 0.411 e. The fourth-order valence-electron chi connectivity index (χ4n) is 2.11. The Hall–Kier alpha value is -0.330. The van der Waals surface area contributed by atoms with E-state index in [1.165, 1.54) is 0 Å². The number of halogens is 3. The fourth-order valence-corrected chi connectivity index (χ4v) is 2.11. The first-order chi connectivity index (χ1) is 8.51. The van der Waals surface area contributed by atoms with Crippen LogP contribution in [-0.2, 0) is 4.74 Å². The van der Waals surface area contributed by atoms with E-state index in [1.54, 1.807) is 0 Å². The first-order valence-corrected chi connectivity index (χ1v) is 6.61. The predicted molar refractivity (Wildman–Crippen MR) is 64.6 cm³/mol. The Balaban J connectivity index is 2.16. The Bertz CT molecular complexity index is 224. The minimum absolute atomic E-state index is 0.156. The Morgan fingerprint density at radius 3 is 2.78 bits per heavy atom. The lowest BCUT2D eigenvalue weighted by atomic mass is 10.1. The lowest BCUT2D eigenvalue weighted by Crippen LogP contribution is -2.40. The minimum Gasteiger partial charge on any atom is -0.371 e. The van der Waals surface area contributed by atoms with Gasteiger partial charge in [0.05, 0.1) is 6.61 Å². The zero-order valence-electron chi connectivity index (χ0n) is 10.9. The molecule has 1 aliphatic rings. The van der Waals surface area contributed by atoms with Gasteiger partial charge in [0.25, 0.3) is 0 Å². The summed E-state index contributed by atoms with van der Waals surface area (Å²) in [4.78, 5) is 2.19. The molecule has 0 bridgehead atoms. The third-order valence-corrected chi connectivity index (χ3v) is 3.19. The first-order valence-electron chi connectivity index (χ1n) is 6.61. The van der Waals surface area contributed by atoms with Crippen molar-refractivity contribution in [3.63, 3.8) is 0 Å². The van der Waals surface area contributed by atoms with Crippen LogP contribution in [0.5, 0.6) is 0 Å². The van der Waals surface area contributed by atoms with Crippen molar-refractivity contribution >= 4 is 0 Å². The monoisotopic (exact) mass is 268 g/mol. The van der Waals surface area contributed by atoms with Gasteiger partial charge in [-0.1, -0.05) is 6.92 Å². The van der Waals surface area contributed by atoms with Gasteiger partial charge in [0.15, 0.2) is 0 Å². The highest BCUT2D eigenvalue weighted by Gasteiger charge is 2.27. The second-order valence-corrected chi connectivity index (χ2v) is 4.71. The molecule has 0 aromatic carbocycles. The topological polar surface area (TPSA) is 24.5 Å². The lowest BCUT2D eigenvalue weighted by Gasteiger charge is -2.28. The number of nitrogens with one attached hydrogen (secondary N) is 1. The number of nitrogens with zero attached hydrogens (tertiary/aromatic N) is 1. The fraction of sp³-hybridized carbons (Fsp3) is 1.00. The van der Waals surface area contributed by atoms with Gasteiger partial charge in [0.2, 0.25) is 0 Å². The number of ether oxygens (including phenoxy) is 1. The Morgan fingerprint density at radius 2 is 2.11 bits per heavy atom. The van der Waals surface area contributed by atoms with Crippen LogP contribution >= 0.6 is 0 Å². The van der Waals surface area contributed by atoms with Gasteiger partial charge in [-0.25, -0.2) is 0 Å². The average molecular weight is 268 g/mol. The lowest BCUT2D eigenvalue weighted by molar-refractivity contribution is -0.174. The molecular weight excluding hydrogens is 245 g/mol.